The van der Waals surface area contributed by atoms with Crippen LogP contribution in [0.5, 0.6) is 0 Å². The predicted molar refractivity (Wildman–Crippen MR) is 75.5 cm³/mol. The molecule has 0 aliphatic rings. The molecular weight excluding hydrogens is 258 g/mol. The van der Waals surface area contributed by atoms with Crippen LogP contribution in [0.4, 0.5) is 8.78 Å². The molecule has 106 valence electrons. The number of aryl methyl sites for hydroxylation is 1. The van der Waals surface area contributed by atoms with Gasteiger partial charge in [0.05, 0.1) is 0 Å². The first-order valence-electron chi connectivity index (χ1n) is 6.70. The van der Waals surface area contributed by atoms with Gasteiger partial charge in [-0.2, -0.15) is 0 Å². The van der Waals surface area contributed by atoms with Gasteiger partial charge in [-0.3, -0.25) is 4.98 Å². The molecule has 0 fully saturated rings. The lowest BCUT2D eigenvalue weighted by Crippen LogP contribution is -2.24. The van der Waals surface area contributed by atoms with Crippen molar-refractivity contribution in [1.82, 2.24) is 10.3 Å². The quantitative estimate of drug-likeness (QED) is 0.903. The standard InChI is InChI=1S/C16H18F2N2/c1-3-20-15(13-10-19-8-7-11(13)2)9-12-5-4-6-14(17)16(12)18/h4-8,10,15,20H,3,9H2,1-2H3. The molecule has 0 aliphatic carbocycles. The van der Waals surface area contributed by atoms with E-state index in [0.29, 0.717) is 12.0 Å². The second kappa shape index (κ2) is 6.57. The number of likely N-dealkylation sites (N-methyl/N-ethyl adjacent to an activating group) is 1. The summed E-state index contributed by atoms with van der Waals surface area (Å²) in [5.41, 5.74) is 2.47. The molecule has 20 heavy (non-hydrogen) atoms. The minimum atomic E-state index is -0.805. The number of nitrogens with zero attached hydrogens (tertiary/aromatic N) is 1. The third kappa shape index (κ3) is 3.20. The Kier molecular flexibility index (Phi) is 4.79. The summed E-state index contributed by atoms with van der Waals surface area (Å²) < 4.78 is 27.1. The highest BCUT2D eigenvalue weighted by molar-refractivity contribution is 5.28. The highest BCUT2D eigenvalue weighted by atomic mass is 19.2. The molecule has 1 heterocycles. The molecule has 0 bridgehead atoms. The summed E-state index contributed by atoms with van der Waals surface area (Å²) in [7, 11) is 0. The summed E-state index contributed by atoms with van der Waals surface area (Å²) in [6.07, 6.45) is 3.90. The number of nitrogens with one attached hydrogen (secondary N) is 1. The fourth-order valence-corrected chi connectivity index (χ4v) is 2.31. The van der Waals surface area contributed by atoms with E-state index in [9.17, 15) is 8.78 Å². The van der Waals surface area contributed by atoms with Crippen LogP contribution in [0, 0.1) is 18.6 Å². The number of aromatic nitrogens is 1. The zero-order chi connectivity index (χ0) is 14.5. The fraction of sp³-hybridized carbons (Fsp3) is 0.312. The van der Waals surface area contributed by atoms with Gasteiger partial charge in [-0.05, 0) is 48.7 Å². The summed E-state index contributed by atoms with van der Waals surface area (Å²) >= 11 is 0. The highest BCUT2D eigenvalue weighted by Gasteiger charge is 2.17. The third-order valence-electron chi connectivity index (χ3n) is 3.36. The third-order valence-corrected chi connectivity index (χ3v) is 3.36. The number of pyridine rings is 1. The highest BCUT2D eigenvalue weighted by Crippen LogP contribution is 2.23. The van der Waals surface area contributed by atoms with Crippen molar-refractivity contribution < 1.29 is 8.78 Å². The van der Waals surface area contributed by atoms with Crippen molar-refractivity contribution in [3.8, 4) is 0 Å². The lowest BCUT2D eigenvalue weighted by Gasteiger charge is -2.20. The Labute approximate surface area is 117 Å². The molecule has 0 radical (unpaired) electrons. The Morgan fingerprint density at radius 3 is 2.75 bits per heavy atom. The Bertz CT molecular complexity index is 584. The summed E-state index contributed by atoms with van der Waals surface area (Å²) in [6.45, 7) is 4.72. The van der Waals surface area contributed by atoms with Crippen LogP contribution in [0.15, 0.2) is 36.7 Å². The van der Waals surface area contributed by atoms with Crippen LogP contribution in [0.3, 0.4) is 0 Å². The maximum Gasteiger partial charge on any atom is 0.162 e. The summed E-state index contributed by atoms with van der Waals surface area (Å²) in [5.74, 6) is -1.57. The van der Waals surface area contributed by atoms with Crippen LogP contribution in [0.25, 0.3) is 0 Å². The Morgan fingerprint density at radius 2 is 2.05 bits per heavy atom. The lowest BCUT2D eigenvalue weighted by atomic mass is 9.96. The molecular formula is C16H18F2N2. The molecule has 0 saturated heterocycles. The van der Waals surface area contributed by atoms with Crippen LogP contribution >= 0.6 is 0 Å². The average Bonchev–Trinajstić information content (AvgIpc) is 2.44. The summed E-state index contributed by atoms with van der Waals surface area (Å²) in [5, 5.41) is 3.31. The van der Waals surface area contributed by atoms with Gasteiger partial charge in [-0.25, -0.2) is 8.78 Å². The van der Waals surface area contributed by atoms with Crippen molar-refractivity contribution in [2.45, 2.75) is 26.3 Å². The van der Waals surface area contributed by atoms with Crippen LogP contribution in [0.2, 0.25) is 0 Å². The van der Waals surface area contributed by atoms with E-state index in [-0.39, 0.29) is 6.04 Å². The molecule has 1 unspecified atom stereocenters. The average molecular weight is 276 g/mol. The molecule has 0 aliphatic heterocycles. The van der Waals surface area contributed by atoms with Crippen LogP contribution in [-0.4, -0.2) is 11.5 Å². The van der Waals surface area contributed by atoms with Gasteiger partial charge < -0.3 is 5.32 Å². The van der Waals surface area contributed by atoms with E-state index in [4.69, 9.17) is 0 Å². The van der Waals surface area contributed by atoms with E-state index in [0.717, 1.165) is 23.7 Å². The molecule has 2 nitrogen and oxygen atoms in total. The first-order chi connectivity index (χ1) is 9.63. The maximum atomic E-state index is 13.8. The van der Waals surface area contributed by atoms with E-state index in [1.54, 1.807) is 18.5 Å². The predicted octanol–water partition coefficient (Wildman–Crippen LogP) is 3.56. The normalized spacial score (nSPS) is 12.4. The monoisotopic (exact) mass is 276 g/mol. The number of hydrogen-bond donors (Lipinski definition) is 1. The van der Waals surface area contributed by atoms with Crippen molar-refractivity contribution in [1.29, 1.82) is 0 Å². The molecule has 2 aromatic rings. The van der Waals surface area contributed by atoms with Crippen LogP contribution in [0.1, 0.15) is 29.7 Å². The van der Waals surface area contributed by atoms with Gasteiger partial charge in [-0.15, -0.1) is 0 Å². The SMILES string of the molecule is CCNC(Cc1cccc(F)c1F)c1cnccc1C. The molecule has 4 heteroatoms. The van der Waals surface area contributed by atoms with Gasteiger partial charge in [0.2, 0.25) is 0 Å². The topological polar surface area (TPSA) is 24.9 Å². The molecule has 1 atom stereocenters. The van der Waals surface area contributed by atoms with Gasteiger partial charge in [0, 0.05) is 18.4 Å². The zero-order valence-electron chi connectivity index (χ0n) is 11.7. The second-order valence-corrected chi connectivity index (χ2v) is 4.76. The molecule has 1 aromatic heterocycles. The van der Waals surface area contributed by atoms with E-state index < -0.39 is 11.6 Å². The minimum absolute atomic E-state index is 0.0787. The number of halogens is 2. The van der Waals surface area contributed by atoms with E-state index >= 15 is 0 Å². The first-order valence-corrected chi connectivity index (χ1v) is 6.70. The Hall–Kier alpha value is -1.81. The smallest absolute Gasteiger partial charge is 0.162 e. The molecule has 0 saturated carbocycles. The van der Waals surface area contributed by atoms with Gasteiger partial charge in [0.15, 0.2) is 11.6 Å². The van der Waals surface area contributed by atoms with E-state index in [1.165, 1.54) is 6.07 Å². The molecule has 1 N–H and O–H groups in total. The summed E-state index contributed by atoms with van der Waals surface area (Å²) in [4.78, 5) is 4.12. The maximum absolute atomic E-state index is 13.8. The van der Waals surface area contributed by atoms with Gasteiger partial charge in [0.25, 0.3) is 0 Å². The lowest BCUT2D eigenvalue weighted by molar-refractivity contribution is 0.480. The summed E-state index contributed by atoms with van der Waals surface area (Å²) in [6, 6.07) is 6.13. The fourth-order valence-electron chi connectivity index (χ4n) is 2.31. The Balaban J connectivity index is 2.31. The van der Waals surface area contributed by atoms with Gasteiger partial charge in [-0.1, -0.05) is 19.1 Å². The van der Waals surface area contributed by atoms with Crippen molar-refractivity contribution in [3.05, 3.63) is 65.0 Å². The van der Waals surface area contributed by atoms with Gasteiger partial charge in [0.1, 0.15) is 0 Å². The van der Waals surface area contributed by atoms with E-state index in [1.807, 2.05) is 19.9 Å². The first kappa shape index (κ1) is 14.6. The largest absolute Gasteiger partial charge is 0.310 e. The van der Waals surface area contributed by atoms with Crippen molar-refractivity contribution >= 4 is 0 Å². The molecule has 2 rings (SSSR count). The molecule has 1 aromatic carbocycles. The van der Waals surface area contributed by atoms with Crippen molar-refractivity contribution in [2.75, 3.05) is 6.54 Å². The van der Waals surface area contributed by atoms with Crippen LogP contribution in [-0.2, 0) is 6.42 Å². The minimum Gasteiger partial charge on any atom is -0.310 e. The van der Waals surface area contributed by atoms with Crippen molar-refractivity contribution in [2.24, 2.45) is 0 Å². The van der Waals surface area contributed by atoms with Crippen molar-refractivity contribution in [3.63, 3.8) is 0 Å². The molecule has 0 spiro atoms. The zero-order valence-corrected chi connectivity index (χ0v) is 11.7. The van der Waals surface area contributed by atoms with E-state index in [2.05, 4.69) is 10.3 Å². The second-order valence-electron chi connectivity index (χ2n) is 4.76. The molecule has 0 amide bonds. The number of benzene rings is 1. The van der Waals surface area contributed by atoms with Gasteiger partial charge >= 0.3 is 0 Å². The number of hydrogen-bond acceptors (Lipinski definition) is 2. The Morgan fingerprint density at radius 1 is 1.25 bits per heavy atom. The van der Waals surface area contributed by atoms with Crippen LogP contribution < -0.4 is 5.32 Å². The number of rotatable bonds is 5.